The molecular formula is C13H25NO3. The molecule has 4 heteroatoms. The lowest BCUT2D eigenvalue weighted by molar-refractivity contribution is -0.131. The van der Waals surface area contributed by atoms with Gasteiger partial charge in [0.2, 0.25) is 5.91 Å². The van der Waals surface area contributed by atoms with Gasteiger partial charge in [-0.3, -0.25) is 4.79 Å². The van der Waals surface area contributed by atoms with Crippen molar-refractivity contribution in [2.24, 2.45) is 5.41 Å². The number of nitrogens with one attached hydrogen (secondary N) is 1. The standard InChI is InChI=1S/C13H25NO3/c1-2-13(6-3-4-7-13)12(16)14-8-5-10-17-11-9-15/h15H,2-11H2,1H3,(H,14,16). The smallest absolute Gasteiger partial charge is 0.226 e. The van der Waals surface area contributed by atoms with Crippen LogP contribution in [0.4, 0.5) is 0 Å². The Labute approximate surface area is 104 Å². The highest BCUT2D eigenvalue weighted by Crippen LogP contribution is 2.40. The molecule has 0 atom stereocenters. The maximum Gasteiger partial charge on any atom is 0.226 e. The molecule has 0 aromatic heterocycles. The molecule has 0 heterocycles. The molecule has 17 heavy (non-hydrogen) atoms. The van der Waals surface area contributed by atoms with Gasteiger partial charge >= 0.3 is 0 Å². The van der Waals surface area contributed by atoms with Crippen molar-refractivity contribution in [3.8, 4) is 0 Å². The van der Waals surface area contributed by atoms with Crippen LogP contribution in [0.15, 0.2) is 0 Å². The summed E-state index contributed by atoms with van der Waals surface area (Å²) < 4.78 is 5.14. The molecular weight excluding hydrogens is 218 g/mol. The van der Waals surface area contributed by atoms with Gasteiger partial charge in [0.1, 0.15) is 0 Å². The summed E-state index contributed by atoms with van der Waals surface area (Å²) in [6.07, 6.45) is 6.19. The minimum absolute atomic E-state index is 0.0608. The zero-order valence-electron chi connectivity index (χ0n) is 10.8. The van der Waals surface area contributed by atoms with Crippen molar-refractivity contribution in [1.29, 1.82) is 0 Å². The van der Waals surface area contributed by atoms with E-state index in [1.54, 1.807) is 0 Å². The van der Waals surface area contributed by atoms with Crippen LogP contribution in [0.1, 0.15) is 45.4 Å². The third-order valence-electron chi connectivity index (χ3n) is 3.71. The fourth-order valence-electron chi connectivity index (χ4n) is 2.52. The second kappa shape index (κ2) is 7.67. The monoisotopic (exact) mass is 243 g/mol. The molecule has 1 aliphatic rings. The summed E-state index contributed by atoms with van der Waals surface area (Å²) >= 11 is 0. The molecule has 0 saturated heterocycles. The Hall–Kier alpha value is -0.610. The minimum atomic E-state index is -0.0913. The summed E-state index contributed by atoms with van der Waals surface area (Å²) in [6.45, 7) is 3.82. The van der Waals surface area contributed by atoms with Crippen molar-refractivity contribution < 1.29 is 14.6 Å². The number of amides is 1. The first kappa shape index (κ1) is 14.5. The van der Waals surface area contributed by atoms with Crippen LogP contribution in [0.25, 0.3) is 0 Å². The molecule has 0 unspecified atom stereocenters. The first-order chi connectivity index (χ1) is 8.25. The average molecular weight is 243 g/mol. The van der Waals surface area contributed by atoms with E-state index in [-0.39, 0.29) is 17.9 Å². The van der Waals surface area contributed by atoms with E-state index < -0.39 is 0 Å². The summed E-state index contributed by atoms with van der Waals surface area (Å²) in [6, 6.07) is 0. The van der Waals surface area contributed by atoms with Crippen molar-refractivity contribution in [2.75, 3.05) is 26.4 Å². The van der Waals surface area contributed by atoms with E-state index in [1.165, 1.54) is 12.8 Å². The molecule has 1 amide bonds. The van der Waals surface area contributed by atoms with Gasteiger partial charge in [0.05, 0.1) is 13.2 Å². The predicted molar refractivity (Wildman–Crippen MR) is 66.7 cm³/mol. The predicted octanol–water partition coefficient (Wildman–Crippen LogP) is 1.47. The Morgan fingerprint density at radius 1 is 1.35 bits per heavy atom. The van der Waals surface area contributed by atoms with E-state index in [0.29, 0.717) is 19.8 Å². The van der Waals surface area contributed by atoms with Crippen LogP contribution in [0.3, 0.4) is 0 Å². The number of aliphatic hydroxyl groups is 1. The molecule has 0 aromatic carbocycles. The third kappa shape index (κ3) is 4.28. The fraction of sp³-hybridized carbons (Fsp3) is 0.923. The van der Waals surface area contributed by atoms with E-state index in [4.69, 9.17) is 9.84 Å². The van der Waals surface area contributed by atoms with Gasteiger partial charge in [-0.2, -0.15) is 0 Å². The van der Waals surface area contributed by atoms with Crippen LogP contribution in [-0.2, 0) is 9.53 Å². The number of carbonyl (C=O) groups excluding carboxylic acids is 1. The topological polar surface area (TPSA) is 58.6 Å². The molecule has 1 fully saturated rings. The van der Waals surface area contributed by atoms with Crippen molar-refractivity contribution in [3.63, 3.8) is 0 Å². The summed E-state index contributed by atoms with van der Waals surface area (Å²) in [5.41, 5.74) is -0.0913. The largest absolute Gasteiger partial charge is 0.394 e. The van der Waals surface area contributed by atoms with E-state index in [1.807, 2.05) is 0 Å². The van der Waals surface area contributed by atoms with Crippen molar-refractivity contribution in [1.82, 2.24) is 5.32 Å². The summed E-state index contributed by atoms with van der Waals surface area (Å²) in [5.74, 6) is 0.222. The van der Waals surface area contributed by atoms with Gasteiger partial charge in [0.25, 0.3) is 0 Å². The highest BCUT2D eigenvalue weighted by atomic mass is 16.5. The lowest BCUT2D eigenvalue weighted by Crippen LogP contribution is -2.39. The van der Waals surface area contributed by atoms with Crippen molar-refractivity contribution in [2.45, 2.75) is 45.4 Å². The number of ether oxygens (including phenoxy) is 1. The molecule has 0 radical (unpaired) electrons. The second-order valence-electron chi connectivity index (χ2n) is 4.79. The van der Waals surface area contributed by atoms with Crippen LogP contribution in [-0.4, -0.2) is 37.4 Å². The van der Waals surface area contributed by atoms with Crippen molar-refractivity contribution >= 4 is 5.91 Å². The number of hydrogen-bond acceptors (Lipinski definition) is 3. The normalized spacial score (nSPS) is 18.2. The molecule has 4 nitrogen and oxygen atoms in total. The van der Waals surface area contributed by atoms with Crippen LogP contribution in [0.5, 0.6) is 0 Å². The van der Waals surface area contributed by atoms with Crippen LogP contribution in [0, 0.1) is 5.41 Å². The second-order valence-corrected chi connectivity index (χ2v) is 4.79. The molecule has 1 rings (SSSR count). The zero-order chi connectivity index (χ0) is 12.6. The number of aliphatic hydroxyl groups excluding tert-OH is 1. The summed E-state index contributed by atoms with van der Waals surface area (Å²) in [7, 11) is 0. The highest BCUT2D eigenvalue weighted by Gasteiger charge is 2.38. The lowest BCUT2D eigenvalue weighted by atomic mass is 9.82. The van der Waals surface area contributed by atoms with Crippen LogP contribution >= 0.6 is 0 Å². The molecule has 100 valence electrons. The van der Waals surface area contributed by atoms with Gasteiger partial charge in [-0.1, -0.05) is 19.8 Å². The third-order valence-corrected chi connectivity index (χ3v) is 3.71. The Morgan fingerprint density at radius 3 is 2.65 bits per heavy atom. The van der Waals surface area contributed by atoms with E-state index in [2.05, 4.69) is 12.2 Å². The minimum Gasteiger partial charge on any atom is -0.394 e. The molecule has 0 aromatic rings. The Bertz CT molecular complexity index is 225. The van der Waals surface area contributed by atoms with E-state index in [9.17, 15) is 4.79 Å². The van der Waals surface area contributed by atoms with Gasteiger partial charge in [-0.15, -0.1) is 0 Å². The van der Waals surface area contributed by atoms with E-state index in [0.717, 1.165) is 25.7 Å². The fourth-order valence-corrected chi connectivity index (χ4v) is 2.52. The maximum absolute atomic E-state index is 12.1. The quantitative estimate of drug-likeness (QED) is 0.635. The van der Waals surface area contributed by atoms with Gasteiger partial charge in [-0.25, -0.2) is 0 Å². The number of carbonyl (C=O) groups is 1. The summed E-state index contributed by atoms with van der Waals surface area (Å²) in [5, 5.41) is 11.5. The molecule has 1 aliphatic carbocycles. The van der Waals surface area contributed by atoms with Crippen LogP contribution < -0.4 is 5.32 Å². The SMILES string of the molecule is CCC1(C(=O)NCCCOCCO)CCCC1. The number of hydrogen-bond donors (Lipinski definition) is 2. The Balaban J connectivity index is 2.15. The van der Waals surface area contributed by atoms with E-state index >= 15 is 0 Å². The Morgan fingerprint density at radius 2 is 2.06 bits per heavy atom. The Kier molecular flexibility index (Phi) is 6.52. The van der Waals surface area contributed by atoms with Crippen LogP contribution in [0.2, 0.25) is 0 Å². The summed E-state index contributed by atoms with van der Waals surface area (Å²) in [4.78, 5) is 12.1. The lowest BCUT2D eigenvalue weighted by Gasteiger charge is -2.25. The van der Waals surface area contributed by atoms with Gasteiger partial charge in [0.15, 0.2) is 0 Å². The average Bonchev–Trinajstić information content (AvgIpc) is 2.83. The first-order valence-corrected chi connectivity index (χ1v) is 6.72. The van der Waals surface area contributed by atoms with Crippen molar-refractivity contribution in [3.05, 3.63) is 0 Å². The van der Waals surface area contributed by atoms with Gasteiger partial charge < -0.3 is 15.2 Å². The zero-order valence-corrected chi connectivity index (χ0v) is 10.8. The number of rotatable bonds is 8. The first-order valence-electron chi connectivity index (χ1n) is 6.72. The molecule has 0 aliphatic heterocycles. The van der Waals surface area contributed by atoms with Gasteiger partial charge in [-0.05, 0) is 25.7 Å². The molecule has 2 N–H and O–H groups in total. The maximum atomic E-state index is 12.1. The molecule has 0 spiro atoms. The van der Waals surface area contributed by atoms with Gasteiger partial charge in [0, 0.05) is 18.6 Å². The molecule has 1 saturated carbocycles. The molecule has 0 bridgehead atoms. The highest BCUT2D eigenvalue weighted by molar-refractivity contribution is 5.82.